The topological polar surface area (TPSA) is 49.3 Å². The van der Waals surface area contributed by atoms with E-state index in [0.29, 0.717) is 0 Å². The van der Waals surface area contributed by atoms with E-state index in [4.69, 9.17) is 5.11 Å². The van der Waals surface area contributed by atoms with Crippen LogP contribution in [0, 0.1) is 0 Å². The molecule has 0 fully saturated rings. The average Bonchev–Trinajstić information content (AvgIpc) is 2.28. The fourth-order valence-corrected chi connectivity index (χ4v) is 1.24. The molecule has 0 aliphatic heterocycles. The predicted octanol–water partition coefficient (Wildman–Crippen LogP) is 1.75. The number of carboxylic acids is 1. The van der Waals surface area contributed by atoms with Gasteiger partial charge < -0.3 is 5.11 Å². The zero-order valence-electron chi connectivity index (χ0n) is 8.38. The number of hydrogen-bond donors (Lipinski definition) is 2. The summed E-state index contributed by atoms with van der Waals surface area (Å²) in [7, 11) is 0.824. The van der Waals surface area contributed by atoms with Crippen LogP contribution in [0.2, 0.25) is 0 Å². The highest BCUT2D eigenvalue weighted by molar-refractivity contribution is 5.78. The van der Waals surface area contributed by atoms with Crippen molar-refractivity contribution in [3.8, 4) is 0 Å². The fraction of sp³-hybridized carbons (Fsp3) is 0.300. The monoisotopic (exact) mass is 233 g/mol. The molecule has 6 heteroatoms. The molecule has 16 heavy (non-hydrogen) atoms. The molecule has 1 atom stereocenters. The second kappa shape index (κ2) is 4.13. The molecule has 1 aromatic carbocycles. The Kier molecular flexibility index (Phi) is 3.23. The Morgan fingerprint density at radius 3 is 2.12 bits per heavy atom. The molecular weight excluding hydrogens is 223 g/mol. The molecule has 1 aromatic rings. The number of carbonyl (C=O) groups is 1. The Bertz CT molecular complexity index is 383. The minimum absolute atomic E-state index is 0.700. The molecule has 0 aliphatic rings. The van der Waals surface area contributed by atoms with Crippen molar-refractivity contribution in [2.45, 2.75) is 11.7 Å². The summed E-state index contributed by atoms with van der Waals surface area (Å²) < 4.78 is 40.9. The number of rotatable bonds is 4. The maximum atomic E-state index is 13.6. The van der Waals surface area contributed by atoms with Gasteiger partial charge in [-0.05, 0) is 7.05 Å². The van der Waals surface area contributed by atoms with Gasteiger partial charge in [0.2, 0.25) is 0 Å². The van der Waals surface area contributed by atoms with Gasteiger partial charge in [-0.15, -0.1) is 0 Å². The Morgan fingerprint density at radius 1 is 1.25 bits per heavy atom. The molecule has 0 radical (unpaired) electrons. The van der Waals surface area contributed by atoms with E-state index >= 15 is 0 Å². The number of carboxylic acid groups (broad SMARTS) is 1. The van der Waals surface area contributed by atoms with E-state index in [1.807, 2.05) is 0 Å². The molecule has 0 bridgehead atoms. The first kappa shape index (κ1) is 12.5. The number of nitrogens with one attached hydrogen (secondary N) is 1. The van der Waals surface area contributed by atoms with E-state index in [2.05, 4.69) is 0 Å². The van der Waals surface area contributed by atoms with Crippen LogP contribution in [0.25, 0.3) is 0 Å². The summed E-state index contributed by atoms with van der Waals surface area (Å²) in [5.41, 5.74) is -0.700. The van der Waals surface area contributed by atoms with Crippen LogP contribution in [0.1, 0.15) is 5.56 Å². The third-order valence-corrected chi connectivity index (χ3v) is 2.21. The number of aliphatic carboxylic acids is 1. The number of likely N-dealkylation sites (N-methyl/N-ethyl adjacent to an activating group) is 1. The highest BCUT2D eigenvalue weighted by atomic mass is 19.3. The molecule has 0 saturated heterocycles. The van der Waals surface area contributed by atoms with Crippen molar-refractivity contribution in [3.05, 3.63) is 35.9 Å². The molecule has 0 saturated carbocycles. The van der Waals surface area contributed by atoms with Crippen LogP contribution in [-0.2, 0) is 10.7 Å². The maximum Gasteiger partial charge on any atom is 0.363 e. The van der Waals surface area contributed by atoms with E-state index in [0.717, 1.165) is 19.2 Å². The standard InChI is InChI=1S/C10H10F3NO2/c1-14-10(13,8(15)16)9(11,12)7-5-3-2-4-6-7/h2-6,14H,1H3,(H,15,16)/t10-/m1/s1. The second-order valence-electron chi connectivity index (χ2n) is 3.15. The first-order valence-electron chi connectivity index (χ1n) is 4.41. The van der Waals surface area contributed by atoms with E-state index in [9.17, 15) is 18.0 Å². The maximum absolute atomic E-state index is 13.6. The van der Waals surface area contributed by atoms with Crippen LogP contribution >= 0.6 is 0 Å². The van der Waals surface area contributed by atoms with Gasteiger partial charge in [-0.3, -0.25) is 5.32 Å². The van der Waals surface area contributed by atoms with Crippen LogP contribution in [0.5, 0.6) is 0 Å². The average molecular weight is 233 g/mol. The molecule has 0 heterocycles. The Morgan fingerprint density at radius 2 is 1.75 bits per heavy atom. The van der Waals surface area contributed by atoms with Crippen molar-refractivity contribution >= 4 is 5.97 Å². The lowest BCUT2D eigenvalue weighted by molar-refractivity contribution is -0.195. The second-order valence-corrected chi connectivity index (χ2v) is 3.15. The summed E-state index contributed by atoms with van der Waals surface area (Å²) in [5, 5.41) is 10.0. The molecular formula is C10H10F3NO2. The predicted molar refractivity (Wildman–Crippen MR) is 50.9 cm³/mol. The molecule has 0 aliphatic carbocycles. The molecule has 1 rings (SSSR count). The van der Waals surface area contributed by atoms with E-state index < -0.39 is 23.2 Å². The van der Waals surface area contributed by atoms with Crippen LogP contribution in [0.4, 0.5) is 13.2 Å². The van der Waals surface area contributed by atoms with E-state index in [1.54, 1.807) is 0 Å². The summed E-state index contributed by atoms with van der Waals surface area (Å²) in [6, 6.07) is 5.96. The smallest absolute Gasteiger partial charge is 0.363 e. The number of halogens is 3. The molecule has 0 unspecified atom stereocenters. The first-order valence-corrected chi connectivity index (χ1v) is 4.41. The van der Waals surface area contributed by atoms with Crippen LogP contribution < -0.4 is 5.32 Å². The van der Waals surface area contributed by atoms with Crippen LogP contribution in [0.15, 0.2) is 30.3 Å². The summed E-state index contributed by atoms with van der Waals surface area (Å²) in [5.74, 6) is -10.2. The zero-order chi connectivity index (χ0) is 12.4. The Labute approximate surface area is 89.9 Å². The minimum atomic E-state index is -4.16. The summed E-state index contributed by atoms with van der Waals surface area (Å²) in [6.07, 6.45) is 0. The largest absolute Gasteiger partial charge is 0.478 e. The van der Waals surface area contributed by atoms with Crippen molar-refractivity contribution in [3.63, 3.8) is 0 Å². The van der Waals surface area contributed by atoms with Crippen molar-refractivity contribution in [2.24, 2.45) is 0 Å². The Balaban J connectivity index is 3.24. The lowest BCUT2D eigenvalue weighted by Gasteiger charge is -2.29. The normalized spacial score (nSPS) is 15.5. The Hall–Kier alpha value is -1.56. The lowest BCUT2D eigenvalue weighted by atomic mass is 9.99. The summed E-state index contributed by atoms with van der Waals surface area (Å²) in [4.78, 5) is 10.6. The van der Waals surface area contributed by atoms with Crippen molar-refractivity contribution in [1.29, 1.82) is 0 Å². The molecule has 88 valence electrons. The summed E-state index contributed by atoms with van der Waals surface area (Å²) >= 11 is 0. The number of alkyl halides is 3. The van der Waals surface area contributed by atoms with Crippen molar-refractivity contribution in [2.75, 3.05) is 7.05 Å². The third-order valence-electron chi connectivity index (χ3n) is 2.21. The third kappa shape index (κ3) is 1.76. The zero-order valence-corrected chi connectivity index (χ0v) is 8.38. The number of benzene rings is 1. The molecule has 0 spiro atoms. The fourth-order valence-electron chi connectivity index (χ4n) is 1.24. The van der Waals surface area contributed by atoms with Crippen LogP contribution in [0.3, 0.4) is 0 Å². The SMILES string of the molecule is CN[C@](F)(C(=O)O)C(F)(F)c1ccccc1. The first-order chi connectivity index (χ1) is 7.36. The molecule has 2 N–H and O–H groups in total. The molecule has 0 amide bonds. The van der Waals surface area contributed by atoms with Gasteiger partial charge in [0.1, 0.15) is 0 Å². The van der Waals surface area contributed by atoms with Gasteiger partial charge in [0.15, 0.2) is 0 Å². The molecule has 3 nitrogen and oxygen atoms in total. The quantitative estimate of drug-likeness (QED) is 0.779. The van der Waals surface area contributed by atoms with Crippen LogP contribution in [-0.4, -0.2) is 23.9 Å². The summed E-state index contributed by atoms with van der Waals surface area (Å²) in [6.45, 7) is 0. The van der Waals surface area contributed by atoms with Crippen molar-refractivity contribution in [1.82, 2.24) is 5.32 Å². The highest BCUT2D eigenvalue weighted by Crippen LogP contribution is 2.39. The van der Waals surface area contributed by atoms with E-state index in [1.165, 1.54) is 23.5 Å². The minimum Gasteiger partial charge on any atom is -0.478 e. The van der Waals surface area contributed by atoms with Gasteiger partial charge >= 0.3 is 17.7 Å². The van der Waals surface area contributed by atoms with Gasteiger partial charge in [-0.25, -0.2) is 9.18 Å². The lowest BCUT2D eigenvalue weighted by Crippen LogP contribution is -2.57. The van der Waals surface area contributed by atoms with Gasteiger partial charge in [0.25, 0.3) is 0 Å². The number of hydrogen-bond acceptors (Lipinski definition) is 2. The van der Waals surface area contributed by atoms with Gasteiger partial charge in [0.05, 0.1) is 0 Å². The van der Waals surface area contributed by atoms with E-state index in [-0.39, 0.29) is 0 Å². The van der Waals surface area contributed by atoms with Gasteiger partial charge in [0, 0.05) is 5.56 Å². The highest BCUT2D eigenvalue weighted by Gasteiger charge is 2.61. The van der Waals surface area contributed by atoms with Crippen molar-refractivity contribution < 1.29 is 23.1 Å². The molecule has 0 aromatic heterocycles. The van der Waals surface area contributed by atoms with Gasteiger partial charge in [-0.2, -0.15) is 8.78 Å². The van der Waals surface area contributed by atoms with Gasteiger partial charge in [-0.1, -0.05) is 30.3 Å².